The minimum Gasteiger partial charge on any atom is -0.456 e. The summed E-state index contributed by atoms with van der Waals surface area (Å²) in [4.78, 5) is 14.8. The summed E-state index contributed by atoms with van der Waals surface area (Å²) in [7, 11) is 0. The highest BCUT2D eigenvalue weighted by atomic mass is 16.3. The van der Waals surface area contributed by atoms with Crippen molar-refractivity contribution in [2.75, 3.05) is 0 Å². The second kappa shape index (κ2) is 9.36. The smallest absolute Gasteiger partial charge is 0.169 e. The van der Waals surface area contributed by atoms with Crippen molar-refractivity contribution in [1.29, 1.82) is 0 Å². The zero-order chi connectivity index (χ0) is 28.3. The molecule has 0 spiro atoms. The lowest BCUT2D eigenvalue weighted by Gasteiger charge is -2.24. The topological polar surface area (TPSA) is 62.8 Å². The fraction of sp³-hybridized carbons (Fsp3) is 0.0263. The van der Waals surface area contributed by atoms with E-state index in [9.17, 15) is 0 Å². The van der Waals surface area contributed by atoms with Crippen molar-refractivity contribution < 1.29 is 4.42 Å². The number of benzene rings is 6. The number of amidine groups is 2. The van der Waals surface area contributed by atoms with Crippen LogP contribution in [0.1, 0.15) is 22.9 Å². The Bertz CT molecular complexity index is 2440. The summed E-state index contributed by atoms with van der Waals surface area (Å²) in [5, 5.41) is 12.8. The monoisotopic (exact) mass is 552 g/mol. The van der Waals surface area contributed by atoms with E-state index in [0.29, 0.717) is 0 Å². The third-order valence-electron chi connectivity index (χ3n) is 8.41. The molecule has 43 heavy (non-hydrogen) atoms. The second-order valence-electron chi connectivity index (χ2n) is 10.9. The first kappa shape index (κ1) is 23.9. The van der Waals surface area contributed by atoms with E-state index in [4.69, 9.17) is 14.4 Å². The Morgan fingerprint density at radius 1 is 0.535 bits per heavy atom. The van der Waals surface area contributed by atoms with E-state index in [-0.39, 0.29) is 0 Å². The molecule has 1 aliphatic rings. The van der Waals surface area contributed by atoms with Crippen molar-refractivity contribution in [3.8, 4) is 0 Å². The summed E-state index contributed by atoms with van der Waals surface area (Å²) in [6, 6.07) is 42.1. The normalized spacial score (nSPS) is 15.2. The number of pyridine rings is 1. The highest BCUT2D eigenvalue weighted by molar-refractivity contribution is 6.28. The van der Waals surface area contributed by atoms with Crippen molar-refractivity contribution >= 4 is 65.9 Å². The highest BCUT2D eigenvalue weighted by Crippen LogP contribution is 2.36. The summed E-state index contributed by atoms with van der Waals surface area (Å²) in [5.41, 5.74) is 4.62. The maximum atomic E-state index is 6.20. The van der Waals surface area contributed by atoms with Crippen LogP contribution in [0.5, 0.6) is 0 Å². The number of hydrogen-bond donors (Lipinski definition) is 1. The first-order valence-corrected chi connectivity index (χ1v) is 14.4. The van der Waals surface area contributed by atoms with Crippen LogP contribution in [0.15, 0.2) is 148 Å². The minimum atomic E-state index is -0.416. The van der Waals surface area contributed by atoms with Gasteiger partial charge in [-0.05, 0) is 56.1 Å². The van der Waals surface area contributed by atoms with Gasteiger partial charge in [0, 0.05) is 34.3 Å². The summed E-state index contributed by atoms with van der Waals surface area (Å²) in [5.74, 6) is 1.53. The molecule has 2 aromatic heterocycles. The number of hydrogen-bond acceptors (Lipinski definition) is 5. The van der Waals surface area contributed by atoms with Crippen LogP contribution in [0.25, 0.3) is 54.3 Å². The molecular weight excluding hydrogens is 528 g/mol. The molecule has 1 unspecified atom stereocenters. The summed E-state index contributed by atoms with van der Waals surface area (Å²) in [6.45, 7) is 0. The number of furan rings is 1. The number of aromatic nitrogens is 1. The van der Waals surface area contributed by atoms with Gasteiger partial charge in [-0.2, -0.15) is 0 Å². The molecule has 0 bridgehead atoms. The van der Waals surface area contributed by atoms with Crippen molar-refractivity contribution in [3.05, 3.63) is 150 Å². The Kier molecular flexibility index (Phi) is 5.19. The predicted molar refractivity (Wildman–Crippen MR) is 176 cm³/mol. The van der Waals surface area contributed by atoms with Gasteiger partial charge in [0.2, 0.25) is 0 Å². The number of aliphatic imine (C=N–C) groups is 2. The molecule has 3 heterocycles. The van der Waals surface area contributed by atoms with Crippen molar-refractivity contribution in [2.24, 2.45) is 9.98 Å². The van der Waals surface area contributed by atoms with Crippen molar-refractivity contribution in [1.82, 2.24) is 10.3 Å². The summed E-state index contributed by atoms with van der Waals surface area (Å²) in [6.07, 6.45) is 3.20. The maximum absolute atomic E-state index is 6.20. The van der Waals surface area contributed by atoms with Crippen molar-refractivity contribution in [2.45, 2.75) is 6.17 Å². The molecule has 9 rings (SSSR count). The van der Waals surface area contributed by atoms with Gasteiger partial charge in [0.05, 0.1) is 0 Å². The fourth-order valence-corrected chi connectivity index (χ4v) is 6.42. The van der Waals surface area contributed by atoms with Gasteiger partial charge in [-0.3, -0.25) is 4.98 Å². The molecule has 5 heteroatoms. The minimum absolute atomic E-state index is 0.416. The lowest BCUT2D eigenvalue weighted by atomic mass is 9.93. The molecule has 1 N–H and O–H groups in total. The molecule has 0 radical (unpaired) electrons. The first-order chi connectivity index (χ1) is 21.3. The zero-order valence-corrected chi connectivity index (χ0v) is 23.0. The Labute approximate surface area is 246 Å². The molecule has 6 aromatic carbocycles. The van der Waals surface area contributed by atoms with Crippen LogP contribution in [-0.4, -0.2) is 16.7 Å². The third kappa shape index (κ3) is 3.75. The van der Waals surface area contributed by atoms with Gasteiger partial charge < -0.3 is 9.73 Å². The molecular formula is C38H24N4O. The summed E-state index contributed by atoms with van der Waals surface area (Å²) >= 11 is 0. The van der Waals surface area contributed by atoms with Gasteiger partial charge in [-0.15, -0.1) is 0 Å². The maximum Gasteiger partial charge on any atom is 0.169 e. The second-order valence-corrected chi connectivity index (χ2v) is 10.9. The number of rotatable bonds is 3. The molecule has 202 valence electrons. The standard InChI is InChI=1S/C38H24N4O/c1-2-10-24(11-3-1)36-40-37(29-15-8-16-34-35(29)32-22-39-20-19-33(32)43-34)42-38(41-36)31-21-30-25-12-5-4-9-23(25)17-18-28(30)26-13-6-7-14-27(26)31/h1-22,36H,(H,40,41,42). The van der Waals surface area contributed by atoms with Crippen LogP contribution in [-0.2, 0) is 0 Å². The van der Waals surface area contributed by atoms with E-state index in [0.717, 1.165) is 55.7 Å². The largest absolute Gasteiger partial charge is 0.456 e. The Balaban J connectivity index is 1.31. The van der Waals surface area contributed by atoms with Crippen molar-refractivity contribution in [3.63, 3.8) is 0 Å². The van der Waals surface area contributed by atoms with Gasteiger partial charge in [-0.1, -0.05) is 103 Å². The lowest BCUT2D eigenvalue weighted by Crippen LogP contribution is -2.36. The highest BCUT2D eigenvalue weighted by Gasteiger charge is 2.25. The van der Waals surface area contributed by atoms with E-state index in [2.05, 4.69) is 95.2 Å². The Morgan fingerprint density at radius 2 is 1.28 bits per heavy atom. The lowest BCUT2D eigenvalue weighted by molar-refractivity contribution is 0.668. The van der Waals surface area contributed by atoms with Gasteiger partial charge in [-0.25, -0.2) is 9.98 Å². The van der Waals surface area contributed by atoms with E-state index in [1.54, 1.807) is 6.20 Å². The van der Waals surface area contributed by atoms with Crippen LogP contribution in [0, 0.1) is 0 Å². The van der Waals surface area contributed by atoms with Crippen LogP contribution >= 0.6 is 0 Å². The van der Waals surface area contributed by atoms with E-state index < -0.39 is 6.17 Å². The molecule has 0 saturated carbocycles. The quantitative estimate of drug-likeness (QED) is 0.223. The van der Waals surface area contributed by atoms with Gasteiger partial charge >= 0.3 is 0 Å². The Hall–Kier alpha value is -5.81. The van der Waals surface area contributed by atoms with Gasteiger partial charge in [0.25, 0.3) is 0 Å². The average molecular weight is 553 g/mol. The fourth-order valence-electron chi connectivity index (χ4n) is 6.42. The number of nitrogens with one attached hydrogen (secondary N) is 1. The predicted octanol–water partition coefficient (Wildman–Crippen LogP) is 8.94. The van der Waals surface area contributed by atoms with Crippen LogP contribution < -0.4 is 5.32 Å². The van der Waals surface area contributed by atoms with Crippen LogP contribution in [0.3, 0.4) is 0 Å². The van der Waals surface area contributed by atoms with Crippen LogP contribution in [0.2, 0.25) is 0 Å². The molecule has 0 aliphatic carbocycles. The van der Waals surface area contributed by atoms with Crippen LogP contribution in [0.4, 0.5) is 0 Å². The molecule has 5 nitrogen and oxygen atoms in total. The first-order valence-electron chi connectivity index (χ1n) is 14.4. The van der Waals surface area contributed by atoms with Gasteiger partial charge in [0.15, 0.2) is 6.17 Å². The molecule has 0 fully saturated rings. The SMILES string of the molecule is c1ccc(C2N=C(c3cc4c5ccccc5ccc4c4ccccc34)NC(c3cccc4oc5ccncc5c34)=N2)cc1. The number of nitrogens with zero attached hydrogens (tertiary/aromatic N) is 3. The molecule has 8 aromatic rings. The molecule has 1 atom stereocenters. The average Bonchev–Trinajstić information content (AvgIpc) is 3.47. The zero-order valence-electron chi connectivity index (χ0n) is 23.0. The molecule has 1 aliphatic heterocycles. The van der Waals surface area contributed by atoms with E-state index in [1.165, 1.54) is 26.9 Å². The van der Waals surface area contributed by atoms with Gasteiger partial charge in [0.1, 0.15) is 22.8 Å². The number of fused-ring (bicyclic) bond motifs is 8. The molecule has 0 saturated heterocycles. The summed E-state index contributed by atoms with van der Waals surface area (Å²) < 4.78 is 6.20. The van der Waals surface area contributed by atoms with E-state index >= 15 is 0 Å². The third-order valence-corrected chi connectivity index (χ3v) is 8.41. The molecule has 0 amide bonds. The Morgan fingerprint density at radius 3 is 2.16 bits per heavy atom. The van der Waals surface area contributed by atoms with E-state index in [1.807, 2.05) is 42.6 Å².